The second kappa shape index (κ2) is 5.43. The molecule has 0 spiro atoms. The molecule has 0 aliphatic rings. The highest BCUT2D eigenvalue weighted by Crippen LogP contribution is 2.39. The summed E-state index contributed by atoms with van der Waals surface area (Å²) in [6.07, 6.45) is 1.05. The smallest absolute Gasteiger partial charge is 0.0942 e. The van der Waals surface area contributed by atoms with Crippen LogP contribution in [0.3, 0.4) is 0 Å². The average molecular weight is 285 g/mol. The first-order valence-electron chi connectivity index (χ1n) is 5.60. The fourth-order valence-electron chi connectivity index (χ4n) is 1.69. The maximum Gasteiger partial charge on any atom is 0.0942 e. The number of halogens is 2. The first kappa shape index (κ1) is 12.9. The van der Waals surface area contributed by atoms with Crippen molar-refractivity contribution in [2.75, 3.05) is 0 Å². The summed E-state index contributed by atoms with van der Waals surface area (Å²) in [6.45, 7) is 4.15. The molecule has 1 atom stereocenters. The molecule has 1 unspecified atom stereocenters. The van der Waals surface area contributed by atoms with E-state index in [1.165, 1.54) is 5.56 Å². The predicted molar refractivity (Wildman–Crippen MR) is 77.6 cm³/mol. The summed E-state index contributed by atoms with van der Waals surface area (Å²) < 4.78 is 0. The van der Waals surface area contributed by atoms with Crippen molar-refractivity contribution < 1.29 is 0 Å². The number of rotatable bonds is 3. The zero-order valence-corrected chi connectivity index (χ0v) is 12.2. The minimum absolute atomic E-state index is 0.146. The molecule has 0 fully saturated rings. The third-order valence-corrected chi connectivity index (χ3v) is 5.21. The van der Waals surface area contributed by atoms with E-state index in [0.29, 0.717) is 0 Å². The Balaban J connectivity index is 2.30. The fraction of sp³-hybridized carbons (Fsp3) is 0.286. The lowest BCUT2D eigenvalue weighted by molar-refractivity contribution is 1.11. The van der Waals surface area contributed by atoms with Crippen molar-refractivity contribution in [1.29, 1.82) is 0 Å². The molecule has 0 nitrogen and oxygen atoms in total. The molecule has 0 amide bonds. The first-order valence-corrected chi connectivity index (χ1v) is 7.29. The van der Waals surface area contributed by atoms with Gasteiger partial charge in [0.05, 0.1) is 10.4 Å². The van der Waals surface area contributed by atoms with Crippen molar-refractivity contribution in [2.24, 2.45) is 0 Å². The number of hydrogen-bond acceptors (Lipinski definition) is 1. The molecule has 0 aliphatic heterocycles. The lowest BCUT2D eigenvalue weighted by atomic mass is 10.1. The Hall–Kier alpha value is -0.500. The molecule has 2 aromatic rings. The molecule has 1 aromatic heterocycles. The molecule has 1 aromatic carbocycles. The highest BCUT2D eigenvalue weighted by molar-refractivity contribution is 7.11. The van der Waals surface area contributed by atoms with Gasteiger partial charge in [0.1, 0.15) is 0 Å². The highest BCUT2D eigenvalue weighted by atomic mass is 35.5. The largest absolute Gasteiger partial charge is 0.145 e. The van der Waals surface area contributed by atoms with Crippen molar-refractivity contribution in [3.63, 3.8) is 0 Å². The lowest BCUT2D eigenvalue weighted by Gasteiger charge is -2.09. The molecule has 17 heavy (non-hydrogen) atoms. The van der Waals surface area contributed by atoms with E-state index >= 15 is 0 Å². The van der Waals surface area contributed by atoms with Crippen LogP contribution in [0.15, 0.2) is 29.6 Å². The van der Waals surface area contributed by atoms with Crippen molar-refractivity contribution in [2.45, 2.75) is 25.6 Å². The SMILES string of the molecule is CCc1ccc(C(Cl)c2scc(C)c2Cl)cc1. The van der Waals surface area contributed by atoms with Gasteiger partial charge in [0.25, 0.3) is 0 Å². The Labute approximate surface area is 116 Å². The third kappa shape index (κ3) is 2.67. The lowest BCUT2D eigenvalue weighted by Crippen LogP contribution is -1.92. The van der Waals surface area contributed by atoms with E-state index in [2.05, 4.69) is 31.2 Å². The summed E-state index contributed by atoms with van der Waals surface area (Å²) in [4.78, 5) is 1.04. The zero-order valence-electron chi connectivity index (χ0n) is 9.84. The quantitative estimate of drug-likeness (QED) is 0.644. The molecule has 0 radical (unpaired) electrons. The number of aryl methyl sites for hydroxylation is 2. The minimum atomic E-state index is -0.146. The van der Waals surface area contributed by atoms with Crippen LogP contribution in [0.2, 0.25) is 5.02 Å². The second-order valence-electron chi connectivity index (χ2n) is 4.05. The molecule has 0 saturated heterocycles. The van der Waals surface area contributed by atoms with E-state index in [4.69, 9.17) is 23.2 Å². The number of thiophene rings is 1. The van der Waals surface area contributed by atoms with E-state index < -0.39 is 0 Å². The standard InChI is InChI=1S/C14H14Cl2S/c1-3-10-4-6-11(7-5-10)13(16)14-12(15)9(2)8-17-14/h4-8,13H,3H2,1-2H3. The first-order chi connectivity index (χ1) is 8.13. The van der Waals surface area contributed by atoms with Crippen LogP contribution in [0, 0.1) is 6.92 Å². The molecule has 0 saturated carbocycles. The average Bonchev–Trinajstić information content (AvgIpc) is 2.69. The van der Waals surface area contributed by atoms with Gasteiger partial charge in [-0.2, -0.15) is 0 Å². The van der Waals surface area contributed by atoms with Gasteiger partial charge < -0.3 is 0 Å². The topological polar surface area (TPSA) is 0 Å². The Kier molecular flexibility index (Phi) is 4.13. The predicted octanol–water partition coefficient (Wildman–Crippen LogP) is 5.60. The fourth-order valence-corrected chi connectivity index (χ4v) is 3.46. The van der Waals surface area contributed by atoms with Crippen LogP contribution in [0.1, 0.15) is 33.9 Å². The van der Waals surface area contributed by atoms with Crippen LogP contribution in [0.4, 0.5) is 0 Å². The van der Waals surface area contributed by atoms with Gasteiger partial charge in [0, 0.05) is 4.88 Å². The molecule has 2 rings (SSSR count). The highest BCUT2D eigenvalue weighted by Gasteiger charge is 2.17. The van der Waals surface area contributed by atoms with E-state index in [1.54, 1.807) is 11.3 Å². The summed E-state index contributed by atoms with van der Waals surface area (Å²) in [6, 6.07) is 8.42. The van der Waals surface area contributed by atoms with Gasteiger partial charge in [-0.3, -0.25) is 0 Å². The van der Waals surface area contributed by atoms with Crippen LogP contribution in [-0.2, 0) is 6.42 Å². The maximum absolute atomic E-state index is 6.47. The zero-order chi connectivity index (χ0) is 12.4. The molecular weight excluding hydrogens is 271 g/mol. The number of alkyl halides is 1. The van der Waals surface area contributed by atoms with Crippen LogP contribution in [0.5, 0.6) is 0 Å². The maximum atomic E-state index is 6.47. The number of hydrogen-bond donors (Lipinski definition) is 0. The third-order valence-electron chi connectivity index (χ3n) is 2.84. The van der Waals surface area contributed by atoms with Gasteiger partial charge in [-0.25, -0.2) is 0 Å². The Morgan fingerprint density at radius 3 is 2.35 bits per heavy atom. The number of benzene rings is 1. The second-order valence-corrected chi connectivity index (χ2v) is 5.78. The Bertz CT molecular complexity index is 499. The van der Waals surface area contributed by atoms with Gasteiger partial charge in [-0.05, 0) is 35.4 Å². The van der Waals surface area contributed by atoms with E-state index in [-0.39, 0.29) is 5.38 Å². The van der Waals surface area contributed by atoms with Gasteiger partial charge >= 0.3 is 0 Å². The summed E-state index contributed by atoms with van der Waals surface area (Å²) in [5, 5.41) is 2.70. The van der Waals surface area contributed by atoms with Gasteiger partial charge in [-0.15, -0.1) is 22.9 Å². The van der Waals surface area contributed by atoms with Crippen LogP contribution in [0.25, 0.3) is 0 Å². The summed E-state index contributed by atoms with van der Waals surface area (Å²) in [7, 11) is 0. The van der Waals surface area contributed by atoms with Gasteiger partial charge in [0.15, 0.2) is 0 Å². The van der Waals surface area contributed by atoms with Crippen molar-refractivity contribution in [3.8, 4) is 0 Å². The monoisotopic (exact) mass is 284 g/mol. The molecular formula is C14H14Cl2S. The Morgan fingerprint density at radius 2 is 1.88 bits per heavy atom. The summed E-state index contributed by atoms with van der Waals surface area (Å²) in [5.74, 6) is 0. The van der Waals surface area contributed by atoms with Crippen LogP contribution < -0.4 is 0 Å². The molecule has 0 N–H and O–H groups in total. The van der Waals surface area contributed by atoms with Crippen LogP contribution >= 0.6 is 34.5 Å². The van der Waals surface area contributed by atoms with Gasteiger partial charge in [-0.1, -0.05) is 42.8 Å². The van der Waals surface area contributed by atoms with E-state index in [0.717, 1.165) is 27.4 Å². The van der Waals surface area contributed by atoms with Crippen molar-refractivity contribution >= 4 is 34.5 Å². The molecule has 1 heterocycles. The van der Waals surface area contributed by atoms with E-state index in [9.17, 15) is 0 Å². The normalized spacial score (nSPS) is 12.7. The molecule has 90 valence electrons. The Morgan fingerprint density at radius 1 is 1.24 bits per heavy atom. The van der Waals surface area contributed by atoms with Gasteiger partial charge in [0.2, 0.25) is 0 Å². The van der Waals surface area contributed by atoms with E-state index in [1.807, 2.05) is 12.3 Å². The molecule has 0 aliphatic carbocycles. The molecule has 0 bridgehead atoms. The summed E-state index contributed by atoms with van der Waals surface area (Å²) >= 11 is 14.3. The van der Waals surface area contributed by atoms with Crippen molar-refractivity contribution in [3.05, 3.63) is 56.2 Å². The molecule has 3 heteroatoms. The minimum Gasteiger partial charge on any atom is -0.145 e. The summed E-state index contributed by atoms with van der Waals surface area (Å²) in [5.41, 5.74) is 3.53. The van der Waals surface area contributed by atoms with Crippen LogP contribution in [-0.4, -0.2) is 0 Å². The van der Waals surface area contributed by atoms with Crippen molar-refractivity contribution in [1.82, 2.24) is 0 Å².